The molecule has 4 heteroatoms. The molecule has 0 N–H and O–H groups in total. The zero-order chi connectivity index (χ0) is 7.52. The van der Waals surface area contributed by atoms with Gasteiger partial charge < -0.3 is 0 Å². The van der Waals surface area contributed by atoms with Crippen molar-refractivity contribution >= 4 is 11.3 Å². The van der Waals surface area contributed by atoms with E-state index in [4.69, 9.17) is 0 Å². The highest BCUT2D eigenvalue weighted by Gasteiger charge is 1.98. The molecule has 0 aliphatic carbocycles. The van der Waals surface area contributed by atoms with Crippen molar-refractivity contribution in [2.75, 3.05) is 0 Å². The summed E-state index contributed by atoms with van der Waals surface area (Å²) >= 11 is 1.55. The van der Waals surface area contributed by atoms with E-state index in [1.807, 2.05) is 5.38 Å². The molecule has 0 spiro atoms. The molecule has 2 heterocycles. The van der Waals surface area contributed by atoms with Crippen molar-refractivity contribution in [1.82, 2.24) is 15.0 Å². The van der Waals surface area contributed by atoms with Gasteiger partial charge in [-0.1, -0.05) is 0 Å². The number of nitrogens with zero attached hydrogens (tertiary/aromatic N) is 3. The molecule has 1 radical (unpaired) electrons. The van der Waals surface area contributed by atoms with Gasteiger partial charge in [-0.15, -0.1) is 11.3 Å². The molecule has 0 aliphatic rings. The molecule has 0 saturated heterocycles. The molecule has 0 fully saturated rings. The quantitative estimate of drug-likeness (QED) is 0.636. The largest absolute Gasteiger partial charge is 0.251 e. The van der Waals surface area contributed by atoms with E-state index in [1.54, 1.807) is 23.7 Å². The molecule has 0 unspecified atom stereocenters. The van der Waals surface area contributed by atoms with Gasteiger partial charge in [-0.3, -0.25) is 4.98 Å². The minimum atomic E-state index is 0.804. The Morgan fingerprint density at radius 3 is 3.00 bits per heavy atom. The number of aromatic nitrogens is 3. The second-order valence-electron chi connectivity index (χ2n) is 1.87. The van der Waals surface area contributed by atoms with Gasteiger partial charge in [0.25, 0.3) is 0 Å². The first kappa shape index (κ1) is 6.42. The normalized spacial score (nSPS) is 9.82. The monoisotopic (exact) mass is 162 g/mol. The molecule has 2 aromatic rings. The summed E-state index contributed by atoms with van der Waals surface area (Å²) in [5.41, 5.74) is 0.804. The molecule has 2 rings (SSSR count). The molecular formula is C7H4N3S. The van der Waals surface area contributed by atoms with Crippen LogP contribution in [0.2, 0.25) is 0 Å². The standard InChI is InChI=1S/C7H4N3S/c1-2-9-6(5-8-1)7-10-3-4-11-7/h2-5H. The molecule has 0 aliphatic heterocycles. The van der Waals surface area contributed by atoms with Crippen molar-refractivity contribution in [3.8, 4) is 10.7 Å². The lowest BCUT2D eigenvalue weighted by Gasteiger charge is -1.89. The summed E-state index contributed by atoms with van der Waals surface area (Å²) in [4.78, 5) is 12.0. The lowest BCUT2D eigenvalue weighted by Crippen LogP contribution is -1.81. The Morgan fingerprint density at radius 2 is 2.36 bits per heavy atom. The Balaban J connectivity index is 2.46. The van der Waals surface area contributed by atoms with E-state index in [9.17, 15) is 0 Å². The maximum absolute atomic E-state index is 4.09. The van der Waals surface area contributed by atoms with E-state index in [0.29, 0.717) is 0 Å². The molecule has 0 amide bonds. The fourth-order valence-corrected chi connectivity index (χ4v) is 1.32. The maximum atomic E-state index is 4.09. The van der Waals surface area contributed by atoms with Crippen molar-refractivity contribution < 1.29 is 0 Å². The second-order valence-corrected chi connectivity index (χ2v) is 2.76. The van der Waals surface area contributed by atoms with Crippen LogP contribution in [0.3, 0.4) is 0 Å². The van der Waals surface area contributed by atoms with Gasteiger partial charge in [0.2, 0.25) is 0 Å². The fourth-order valence-electron chi connectivity index (χ4n) is 0.724. The van der Waals surface area contributed by atoms with E-state index in [-0.39, 0.29) is 0 Å². The molecule has 11 heavy (non-hydrogen) atoms. The summed E-state index contributed by atoms with van der Waals surface area (Å²) in [6, 6.07) is 0. The van der Waals surface area contributed by atoms with Gasteiger partial charge in [-0.05, 0) is 0 Å². The lowest BCUT2D eigenvalue weighted by molar-refractivity contribution is 1.18. The van der Waals surface area contributed by atoms with Gasteiger partial charge in [-0.25, -0.2) is 9.97 Å². The van der Waals surface area contributed by atoms with Gasteiger partial charge >= 0.3 is 0 Å². The molecule has 0 saturated carbocycles. The van der Waals surface area contributed by atoms with Crippen molar-refractivity contribution in [1.29, 1.82) is 0 Å². The summed E-state index contributed by atoms with van der Waals surface area (Å²) < 4.78 is 0. The van der Waals surface area contributed by atoms with Crippen LogP contribution in [0.15, 0.2) is 24.0 Å². The van der Waals surface area contributed by atoms with Crippen LogP contribution >= 0.6 is 11.3 Å². The average molecular weight is 162 g/mol. The fraction of sp³-hybridized carbons (Fsp3) is 0. The summed E-state index contributed by atoms with van der Waals surface area (Å²) in [5.74, 6) is 0. The van der Waals surface area contributed by atoms with Crippen molar-refractivity contribution in [2.45, 2.75) is 0 Å². The first-order chi connectivity index (χ1) is 5.47. The topological polar surface area (TPSA) is 38.7 Å². The van der Waals surface area contributed by atoms with Crippen LogP contribution in [0.5, 0.6) is 0 Å². The first-order valence-electron chi connectivity index (χ1n) is 3.05. The third-order valence-electron chi connectivity index (χ3n) is 1.17. The Kier molecular flexibility index (Phi) is 1.61. The molecule has 53 valence electrons. The smallest absolute Gasteiger partial charge is 0.143 e. The molecule has 0 atom stereocenters. The highest BCUT2D eigenvalue weighted by molar-refractivity contribution is 7.13. The number of hydrogen-bond donors (Lipinski definition) is 0. The zero-order valence-corrected chi connectivity index (χ0v) is 6.38. The number of rotatable bonds is 1. The van der Waals surface area contributed by atoms with Crippen LogP contribution in [-0.4, -0.2) is 15.0 Å². The SMILES string of the molecule is [c]1cnc(-c2nccs2)cn1. The van der Waals surface area contributed by atoms with E-state index in [2.05, 4.69) is 21.1 Å². The Labute approximate surface area is 67.8 Å². The van der Waals surface area contributed by atoms with Crippen LogP contribution in [0.4, 0.5) is 0 Å². The Bertz CT molecular complexity index is 317. The summed E-state index contributed by atoms with van der Waals surface area (Å²) in [6.45, 7) is 0. The lowest BCUT2D eigenvalue weighted by atomic mass is 10.5. The zero-order valence-electron chi connectivity index (χ0n) is 5.56. The Morgan fingerprint density at radius 1 is 1.36 bits per heavy atom. The predicted octanol–water partition coefficient (Wildman–Crippen LogP) is 1.40. The predicted molar refractivity (Wildman–Crippen MR) is 42.0 cm³/mol. The van der Waals surface area contributed by atoms with Crippen molar-refractivity contribution in [3.05, 3.63) is 30.2 Å². The van der Waals surface area contributed by atoms with E-state index < -0.39 is 0 Å². The molecule has 3 nitrogen and oxygen atoms in total. The molecular weight excluding hydrogens is 158 g/mol. The van der Waals surface area contributed by atoms with Crippen molar-refractivity contribution in [2.24, 2.45) is 0 Å². The van der Waals surface area contributed by atoms with Crippen LogP contribution < -0.4 is 0 Å². The highest BCUT2D eigenvalue weighted by Crippen LogP contribution is 2.16. The maximum Gasteiger partial charge on any atom is 0.143 e. The first-order valence-corrected chi connectivity index (χ1v) is 3.93. The third-order valence-corrected chi connectivity index (χ3v) is 1.97. The number of thiazole rings is 1. The molecule has 2 aromatic heterocycles. The average Bonchev–Trinajstić information content (AvgIpc) is 2.58. The summed E-state index contributed by atoms with van der Waals surface area (Å²) in [5, 5.41) is 2.81. The van der Waals surface area contributed by atoms with Gasteiger partial charge in [0.05, 0.1) is 12.4 Å². The Hall–Kier alpha value is -1.29. The second kappa shape index (κ2) is 2.75. The molecule has 0 aromatic carbocycles. The minimum absolute atomic E-state index is 0.804. The van der Waals surface area contributed by atoms with Crippen LogP contribution in [-0.2, 0) is 0 Å². The van der Waals surface area contributed by atoms with Gasteiger partial charge in [0.15, 0.2) is 0 Å². The van der Waals surface area contributed by atoms with Crippen LogP contribution in [0.1, 0.15) is 0 Å². The number of hydrogen-bond acceptors (Lipinski definition) is 4. The minimum Gasteiger partial charge on any atom is -0.251 e. The van der Waals surface area contributed by atoms with E-state index >= 15 is 0 Å². The van der Waals surface area contributed by atoms with Crippen molar-refractivity contribution in [3.63, 3.8) is 0 Å². The highest BCUT2D eigenvalue weighted by atomic mass is 32.1. The third kappa shape index (κ3) is 1.25. The van der Waals surface area contributed by atoms with Crippen LogP contribution in [0.25, 0.3) is 10.7 Å². The van der Waals surface area contributed by atoms with Gasteiger partial charge in [-0.2, -0.15) is 0 Å². The molecule has 0 bridgehead atoms. The van der Waals surface area contributed by atoms with E-state index in [0.717, 1.165) is 10.7 Å². The van der Waals surface area contributed by atoms with E-state index in [1.165, 1.54) is 6.20 Å². The summed E-state index contributed by atoms with van der Waals surface area (Å²) in [7, 11) is 0. The van der Waals surface area contributed by atoms with Crippen LogP contribution in [0, 0.1) is 6.20 Å². The summed E-state index contributed by atoms with van der Waals surface area (Å²) in [6.07, 6.45) is 7.55. The van der Waals surface area contributed by atoms with Gasteiger partial charge in [0, 0.05) is 11.6 Å². The van der Waals surface area contributed by atoms with Gasteiger partial charge in [0.1, 0.15) is 16.9 Å².